The highest BCUT2D eigenvalue weighted by Gasteiger charge is 2.20. The van der Waals surface area contributed by atoms with Crippen molar-refractivity contribution in [1.29, 1.82) is 5.26 Å². The molecular weight excluding hydrogens is 146 g/mol. The molecule has 1 aliphatic rings. The molecule has 0 N–H and O–H groups in total. The quantitative estimate of drug-likeness (QED) is 0.574. The smallest absolute Gasteiger partial charge is 0.0658 e. The average Bonchev–Trinajstić information content (AvgIpc) is 2.35. The van der Waals surface area contributed by atoms with Crippen molar-refractivity contribution in [3.63, 3.8) is 0 Å². The second kappa shape index (κ2) is 5.19. The highest BCUT2D eigenvalue weighted by atomic mass is 14.3. The van der Waals surface area contributed by atoms with Gasteiger partial charge in [0, 0.05) is 5.92 Å². The molecule has 0 radical (unpaired) electrons. The van der Waals surface area contributed by atoms with E-state index in [-0.39, 0.29) is 0 Å². The fourth-order valence-corrected chi connectivity index (χ4v) is 2.24. The summed E-state index contributed by atoms with van der Waals surface area (Å²) in [7, 11) is 0. The van der Waals surface area contributed by atoms with Crippen LogP contribution in [-0.4, -0.2) is 0 Å². The molecule has 1 fully saturated rings. The largest absolute Gasteiger partial charge is 0.198 e. The van der Waals surface area contributed by atoms with Crippen LogP contribution in [0.4, 0.5) is 0 Å². The Hall–Kier alpha value is -0.510. The lowest BCUT2D eigenvalue weighted by Gasteiger charge is -2.17. The lowest BCUT2D eigenvalue weighted by Crippen LogP contribution is -2.11. The van der Waals surface area contributed by atoms with E-state index in [4.69, 9.17) is 5.26 Å². The molecule has 0 aromatic carbocycles. The minimum atomic E-state index is 0.336. The monoisotopic (exact) mass is 165 g/mol. The third-order valence-electron chi connectivity index (χ3n) is 3.07. The fraction of sp³-hybridized carbons (Fsp3) is 0.909. The van der Waals surface area contributed by atoms with Crippen molar-refractivity contribution < 1.29 is 0 Å². The molecule has 0 saturated heterocycles. The molecule has 0 aromatic heterocycles. The summed E-state index contributed by atoms with van der Waals surface area (Å²) in [6.07, 6.45) is 9.11. The summed E-state index contributed by atoms with van der Waals surface area (Å²) in [5.74, 6) is 1.05. The van der Waals surface area contributed by atoms with E-state index in [0.29, 0.717) is 11.8 Å². The summed E-state index contributed by atoms with van der Waals surface area (Å²) >= 11 is 0. The lowest BCUT2D eigenvalue weighted by molar-refractivity contribution is 0.350. The van der Waals surface area contributed by atoms with E-state index in [0.717, 1.165) is 6.42 Å². The molecule has 1 aliphatic carbocycles. The van der Waals surface area contributed by atoms with Gasteiger partial charge in [-0.2, -0.15) is 5.26 Å². The van der Waals surface area contributed by atoms with Crippen LogP contribution in [0.5, 0.6) is 0 Å². The molecule has 0 bridgehead atoms. The summed E-state index contributed by atoms with van der Waals surface area (Å²) in [5, 5.41) is 8.92. The summed E-state index contributed by atoms with van der Waals surface area (Å²) in [6.45, 7) is 2.14. The van der Waals surface area contributed by atoms with Crippen molar-refractivity contribution in [2.24, 2.45) is 11.8 Å². The highest BCUT2D eigenvalue weighted by Crippen LogP contribution is 2.30. The van der Waals surface area contributed by atoms with Gasteiger partial charge in [0.15, 0.2) is 0 Å². The molecule has 68 valence electrons. The predicted octanol–water partition coefficient (Wildman–Crippen LogP) is 3.51. The Kier molecular flexibility index (Phi) is 4.14. The van der Waals surface area contributed by atoms with E-state index in [9.17, 15) is 0 Å². The van der Waals surface area contributed by atoms with Gasteiger partial charge in [0.05, 0.1) is 6.07 Å². The molecule has 0 aliphatic heterocycles. The molecule has 12 heavy (non-hydrogen) atoms. The maximum absolute atomic E-state index is 8.92. The van der Waals surface area contributed by atoms with Crippen molar-refractivity contribution in [2.75, 3.05) is 0 Å². The van der Waals surface area contributed by atoms with Gasteiger partial charge in [-0.3, -0.25) is 0 Å². The van der Waals surface area contributed by atoms with Gasteiger partial charge in [-0.15, -0.1) is 0 Å². The van der Waals surface area contributed by atoms with Gasteiger partial charge in [0.25, 0.3) is 0 Å². The van der Waals surface area contributed by atoms with Crippen LogP contribution in [0.3, 0.4) is 0 Å². The van der Waals surface area contributed by atoms with Gasteiger partial charge in [0.1, 0.15) is 0 Å². The number of hydrogen-bond acceptors (Lipinski definition) is 1. The first-order valence-corrected chi connectivity index (χ1v) is 5.28. The summed E-state index contributed by atoms with van der Waals surface area (Å²) in [5.41, 5.74) is 0. The molecule has 1 atom stereocenters. The van der Waals surface area contributed by atoms with Crippen molar-refractivity contribution in [3.8, 4) is 6.07 Å². The van der Waals surface area contributed by atoms with Crippen LogP contribution < -0.4 is 0 Å². The van der Waals surface area contributed by atoms with E-state index in [1.807, 2.05) is 0 Å². The molecule has 1 rings (SSSR count). The molecule has 0 amide bonds. The predicted molar refractivity (Wildman–Crippen MR) is 50.6 cm³/mol. The van der Waals surface area contributed by atoms with E-state index >= 15 is 0 Å². The number of nitriles is 1. The van der Waals surface area contributed by atoms with Crippen molar-refractivity contribution in [3.05, 3.63) is 0 Å². The number of hydrogen-bond donors (Lipinski definition) is 0. The topological polar surface area (TPSA) is 23.8 Å². The molecule has 0 aromatic rings. The van der Waals surface area contributed by atoms with E-state index in [1.54, 1.807) is 0 Å². The Balaban J connectivity index is 2.42. The maximum atomic E-state index is 8.92. The summed E-state index contributed by atoms with van der Waals surface area (Å²) < 4.78 is 0. The third kappa shape index (κ3) is 2.52. The van der Waals surface area contributed by atoms with E-state index in [1.165, 1.54) is 38.5 Å². The van der Waals surface area contributed by atoms with Gasteiger partial charge in [-0.25, -0.2) is 0 Å². The highest BCUT2D eigenvalue weighted by molar-refractivity contribution is 4.87. The first-order valence-electron chi connectivity index (χ1n) is 5.28. The van der Waals surface area contributed by atoms with Gasteiger partial charge in [-0.05, 0) is 25.2 Å². The minimum Gasteiger partial charge on any atom is -0.198 e. The zero-order chi connectivity index (χ0) is 8.81. The van der Waals surface area contributed by atoms with Crippen LogP contribution >= 0.6 is 0 Å². The zero-order valence-electron chi connectivity index (χ0n) is 8.05. The first kappa shape index (κ1) is 9.58. The first-order chi connectivity index (χ1) is 5.88. The average molecular weight is 165 g/mol. The molecule has 0 heterocycles. The second-order valence-corrected chi connectivity index (χ2v) is 3.90. The molecule has 0 spiro atoms. The van der Waals surface area contributed by atoms with Crippen LogP contribution in [0, 0.1) is 23.2 Å². The molecule has 1 nitrogen and oxygen atoms in total. The summed E-state index contributed by atoms with van der Waals surface area (Å²) in [4.78, 5) is 0. The van der Waals surface area contributed by atoms with Crippen molar-refractivity contribution in [1.82, 2.24) is 0 Å². The Labute approximate surface area is 75.8 Å². The van der Waals surface area contributed by atoms with E-state index in [2.05, 4.69) is 13.0 Å². The Morgan fingerprint density at radius 2 is 1.83 bits per heavy atom. The molecule has 1 heteroatoms. The third-order valence-corrected chi connectivity index (χ3v) is 3.07. The van der Waals surface area contributed by atoms with Crippen LogP contribution in [0.15, 0.2) is 0 Å². The maximum Gasteiger partial charge on any atom is 0.0658 e. The fourth-order valence-electron chi connectivity index (χ4n) is 2.24. The van der Waals surface area contributed by atoms with Crippen molar-refractivity contribution >= 4 is 0 Å². The van der Waals surface area contributed by atoms with Crippen LogP contribution in [0.2, 0.25) is 0 Å². The van der Waals surface area contributed by atoms with Crippen LogP contribution in [-0.2, 0) is 0 Å². The standard InChI is InChI=1S/C11H19N/c1-2-10(9-12)11-7-5-3-4-6-8-11/h10-11H,2-8H2,1H3. The molecular formula is C11H19N. The lowest BCUT2D eigenvalue weighted by atomic mass is 9.85. The van der Waals surface area contributed by atoms with Crippen molar-refractivity contribution in [2.45, 2.75) is 51.9 Å². The minimum absolute atomic E-state index is 0.336. The number of nitrogens with zero attached hydrogens (tertiary/aromatic N) is 1. The molecule has 1 unspecified atom stereocenters. The normalized spacial score (nSPS) is 22.7. The Morgan fingerprint density at radius 3 is 2.25 bits per heavy atom. The SMILES string of the molecule is CCC(C#N)C1CCCCCC1. The Bertz CT molecular complexity index is 149. The van der Waals surface area contributed by atoms with Gasteiger partial charge >= 0.3 is 0 Å². The van der Waals surface area contributed by atoms with Gasteiger partial charge in [0.2, 0.25) is 0 Å². The second-order valence-electron chi connectivity index (χ2n) is 3.90. The Morgan fingerprint density at radius 1 is 1.25 bits per heavy atom. The summed E-state index contributed by atoms with van der Waals surface area (Å²) in [6, 6.07) is 2.45. The van der Waals surface area contributed by atoms with Crippen LogP contribution in [0.1, 0.15) is 51.9 Å². The van der Waals surface area contributed by atoms with Crippen LogP contribution in [0.25, 0.3) is 0 Å². The molecule has 1 saturated carbocycles. The zero-order valence-corrected chi connectivity index (χ0v) is 8.05. The van der Waals surface area contributed by atoms with E-state index < -0.39 is 0 Å². The van der Waals surface area contributed by atoms with Gasteiger partial charge in [-0.1, -0.05) is 32.6 Å². The number of rotatable bonds is 2. The van der Waals surface area contributed by atoms with Gasteiger partial charge < -0.3 is 0 Å².